The summed E-state index contributed by atoms with van der Waals surface area (Å²) in [5.41, 5.74) is 9.12. The summed E-state index contributed by atoms with van der Waals surface area (Å²) in [6.45, 7) is 6.25. The number of para-hydroxylation sites is 1. The van der Waals surface area contributed by atoms with Crippen molar-refractivity contribution in [3.8, 4) is 0 Å². The van der Waals surface area contributed by atoms with Crippen LogP contribution in [0.1, 0.15) is 48.6 Å². The van der Waals surface area contributed by atoms with Gasteiger partial charge in [-0.05, 0) is 43.4 Å². The fourth-order valence-corrected chi connectivity index (χ4v) is 3.35. The van der Waals surface area contributed by atoms with E-state index >= 15 is 0 Å². The molecule has 4 heteroatoms. The number of aryl methyl sites for hydroxylation is 2. The highest BCUT2D eigenvalue weighted by molar-refractivity contribution is 6.01. The quantitative estimate of drug-likeness (QED) is 0.450. The number of H-pyrrole nitrogens is 1. The summed E-state index contributed by atoms with van der Waals surface area (Å²) < 4.78 is 0. The van der Waals surface area contributed by atoms with Crippen LogP contribution in [0.4, 0.5) is 0 Å². The standard InChI is InChI=1S/C23H27N3O/c1-4-5-14-21(18-11-7-6-8-12-18)25-26-22(27)15-20-17(3)24-23-16(2)10-9-13-19(20)23/h6-13,24H,4-5,14-15H2,1-3H3,(H,26,27)/b25-21+. The molecule has 0 radical (unpaired) electrons. The molecule has 0 saturated heterocycles. The number of rotatable bonds is 7. The summed E-state index contributed by atoms with van der Waals surface area (Å²) in [4.78, 5) is 16.0. The number of aromatic nitrogens is 1. The van der Waals surface area contributed by atoms with Gasteiger partial charge in [-0.15, -0.1) is 0 Å². The maximum atomic E-state index is 12.6. The molecule has 0 fully saturated rings. The van der Waals surface area contributed by atoms with Crippen LogP contribution in [0.25, 0.3) is 10.9 Å². The molecule has 2 N–H and O–H groups in total. The van der Waals surface area contributed by atoms with E-state index in [9.17, 15) is 4.79 Å². The molecule has 0 bridgehead atoms. The maximum absolute atomic E-state index is 12.6. The molecule has 0 unspecified atom stereocenters. The Bertz CT molecular complexity index is 954. The Hall–Kier alpha value is -2.88. The third-order valence-corrected chi connectivity index (χ3v) is 4.89. The van der Waals surface area contributed by atoms with Crippen LogP contribution in [0, 0.1) is 13.8 Å². The van der Waals surface area contributed by atoms with Crippen molar-refractivity contribution >= 4 is 22.5 Å². The zero-order valence-corrected chi connectivity index (χ0v) is 16.3. The van der Waals surface area contributed by atoms with Gasteiger partial charge in [-0.1, -0.05) is 61.9 Å². The van der Waals surface area contributed by atoms with E-state index in [1.165, 1.54) is 5.56 Å². The summed E-state index contributed by atoms with van der Waals surface area (Å²) in [7, 11) is 0. The van der Waals surface area contributed by atoms with Gasteiger partial charge in [0.15, 0.2) is 0 Å². The van der Waals surface area contributed by atoms with E-state index in [2.05, 4.69) is 41.5 Å². The smallest absolute Gasteiger partial charge is 0.244 e. The van der Waals surface area contributed by atoms with Gasteiger partial charge < -0.3 is 4.98 Å². The number of fused-ring (bicyclic) bond motifs is 1. The molecule has 0 aliphatic rings. The molecule has 0 atom stereocenters. The van der Waals surface area contributed by atoms with Crippen LogP contribution >= 0.6 is 0 Å². The molecule has 0 aliphatic heterocycles. The molecule has 1 amide bonds. The average Bonchev–Trinajstić information content (AvgIpc) is 2.99. The lowest BCUT2D eigenvalue weighted by Crippen LogP contribution is -2.22. The van der Waals surface area contributed by atoms with Gasteiger partial charge in [0, 0.05) is 16.6 Å². The number of benzene rings is 2. The maximum Gasteiger partial charge on any atom is 0.244 e. The third-order valence-electron chi connectivity index (χ3n) is 4.89. The molecular weight excluding hydrogens is 334 g/mol. The highest BCUT2D eigenvalue weighted by Crippen LogP contribution is 2.25. The molecule has 0 aliphatic carbocycles. The fraction of sp³-hybridized carbons (Fsp3) is 0.304. The van der Waals surface area contributed by atoms with Crippen LogP contribution in [-0.2, 0) is 11.2 Å². The van der Waals surface area contributed by atoms with Crippen LogP contribution in [0.3, 0.4) is 0 Å². The number of unbranched alkanes of at least 4 members (excludes halogenated alkanes) is 1. The second kappa shape index (κ2) is 8.67. The van der Waals surface area contributed by atoms with Gasteiger partial charge in [-0.25, -0.2) is 5.43 Å². The van der Waals surface area contributed by atoms with Gasteiger partial charge in [0.2, 0.25) is 5.91 Å². The van der Waals surface area contributed by atoms with E-state index in [0.717, 1.165) is 52.7 Å². The Labute approximate surface area is 160 Å². The lowest BCUT2D eigenvalue weighted by molar-refractivity contribution is -0.120. The summed E-state index contributed by atoms with van der Waals surface area (Å²) in [5, 5.41) is 5.56. The number of carbonyl (C=O) groups excluding carboxylic acids is 1. The predicted molar refractivity (Wildman–Crippen MR) is 112 cm³/mol. The fourth-order valence-electron chi connectivity index (χ4n) is 3.35. The summed E-state index contributed by atoms with van der Waals surface area (Å²) in [5.74, 6) is -0.0922. The summed E-state index contributed by atoms with van der Waals surface area (Å²) in [6.07, 6.45) is 3.30. The van der Waals surface area contributed by atoms with E-state index in [1.807, 2.05) is 43.3 Å². The van der Waals surface area contributed by atoms with Gasteiger partial charge in [-0.3, -0.25) is 4.79 Å². The van der Waals surface area contributed by atoms with E-state index in [0.29, 0.717) is 6.42 Å². The minimum atomic E-state index is -0.0922. The van der Waals surface area contributed by atoms with Crippen LogP contribution in [-0.4, -0.2) is 16.6 Å². The molecule has 27 heavy (non-hydrogen) atoms. The number of hydrogen-bond acceptors (Lipinski definition) is 2. The Morgan fingerprint density at radius 1 is 1.07 bits per heavy atom. The molecule has 0 saturated carbocycles. The average molecular weight is 361 g/mol. The normalized spacial score (nSPS) is 11.7. The van der Waals surface area contributed by atoms with Crippen LogP contribution < -0.4 is 5.43 Å². The van der Waals surface area contributed by atoms with E-state index in [4.69, 9.17) is 0 Å². The van der Waals surface area contributed by atoms with E-state index < -0.39 is 0 Å². The molecule has 1 heterocycles. The van der Waals surface area contributed by atoms with E-state index in [1.54, 1.807) is 0 Å². The summed E-state index contributed by atoms with van der Waals surface area (Å²) >= 11 is 0. The highest BCUT2D eigenvalue weighted by atomic mass is 16.2. The Morgan fingerprint density at radius 2 is 1.85 bits per heavy atom. The van der Waals surface area contributed by atoms with Crippen molar-refractivity contribution in [3.05, 3.63) is 70.9 Å². The minimum absolute atomic E-state index is 0.0922. The van der Waals surface area contributed by atoms with Gasteiger partial charge in [0.05, 0.1) is 12.1 Å². The molecule has 0 spiro atoms. The highest BCUT2D eigenvalue weighted by Gasteiger charge is 2.13. The van der Waals surface area contributed by atoms with Gasteiger partial charge >= 0.3 is 0 Å². The zero-order chi connectivity index (χ0) is 19.2. The van der Waals surface area contributed by atoms with Crippen LogP contribution in [0.15, 0.2) is 53.6 Å². The van der Waals surface area contributed by atoms with Crippen molar-refractivity contribution in [2.75, 3.05) is 0 Å². The molecule has 4 nitrogen and oxygen atoms in total. The number of amides is 1. The number of hydrogen-bond donors (Lipinski definition) is 2. The lowest BCUT2D eigenvalue weighted by atomic mass is 10.0. The molecule has 3 aromatic rings. The Morgan fingerprint density at radius 3 is 2.59 bits per heavy atom. The first kappa shape index (κ1) is 18.9. The monoisotopic (exact) mass is 361 g/mol. The number of nitrogens with one attached hydrogen (secondary N) is 2. The Kier molecular flexibility index (Phi) is 6.07. The molecule has 3 rings (SSSR count). The molecule has 140 valence electrons. The SMILES string of the molecule is CCCC/C(=N\NC(=O)Cc1c(C)[nH]c2c(C)cccc12)c1ccccc1. The summed E-state index contributed by atoms with van der Waals surface area (Å²) in [6, 6.07) is 16.2. The number of aromatic amines is 1. The zero-order valence-electron chi connectivity index (χ0n) is 16.3. The van der Waals surface area contributed by atoms with Gasteiger partial charge in [0.1, 0.15) is 0 Å². The topological polar surface area (TPSA) is 57.2 Å². The van der Waals surface area contributed by atoms with E-state index in [-0.39, 0.29) is 5.91 Å². The van der Waals surface area contributed by atoms with Crippen LogP contribution in [0.5, 0.6) is 0 Å². The second-order valence-electron chi connectivity index (χ2n) is 6.97. The van der Waals surface area contributed by atoms with Crippen molar-refractivity contribution in [2.45, 2.75) is 46.5 Å². The van der Waals surface area contributed by atoms with Crippen molar-refractivity contribution < 1.29 is 4.79 Å². The second-order valence-corrected chi connectivity index (χ2v) is 6.97. The third kappa shape index (κ3) is 4.45. The molecule has 2 aromatic carbocycles. The molecular formula is C23H27N3O. The number of carbonyl (C=O) groups is 1. The van der Waals surface area contributed by atoms with Crippen molar-refractivity contribution in [1.82, 2.24) is 10.4 Å². The van der Waals surface area contributed by atoms with Crippen molar-refractivity contribution in [3.63, 3.8) is 0 Å². The first-order valence-electron chi connectivity index (χ1n) is 9.57. The predicted octanol–water partition coefficient (Wildman–Crippen LogP) is 5.04. The van der Waals surface area contributed by atoms with Crippen molar-refractivity contribution in [2.24, 2.45) is 5.10 Å². The first-order chi connectivity index (χ1) is 13.1. The number of hydrazone groups is 1. The minimum Gasteiger partial charge on any atom is -0.358 e. The van der Waals surface area contributed by atoms with Gasteiger partial charge in [-0.2, -0.15) is 5.10 Å². The van der Waals surface area contributed by atoms with Crippen molar-refractivity contribution in [1.29, 1.82) is 0 Å². The largest absolute Gasteiger partial charge is 0.358 e. The number of nitrogens with zero attached hydrogens (tertiary/aromatic N) is 1. The van der Waals surface area contributed by atoms with Gasteiger partial charge in [0.25, 0.3) is 0 Å². The van der Waals surface area contributed by atoms with Crippen LogP contribution in [0.2, 0.25) is 0 Å². The molecule has 1 aromatic heterocycles. The Balaban J connectivity index is 1.77. The lowest BCUT2D eigenvalue weighted by Gasteiger charge is -2.07. The first-order valence-corrected chi connectivity index (χ1v) is 9.57.